The molecule has 1 saturated heterocycles. The molecule has 2 aromatic rings. The maximum absolute atomic E-state index is 12.6. The summed E-state index contributed by atoms with van der Waals surface area (Å²) in [6.07, 6.45) is -4.38. The van der Waals surface area contributed by atoms with Crippen molar-refractivity contribution < 1.29 is 18.0 Å². The molecule has 27 heavy (non-hydrogen) atoms. The molecule has 2 aromatic carbocycles. The molecule has 0 aliphatic carbocycles. The van der Waals surface area contributed by atoms with Crippen LogP contribution < -0.4 is 10.2 Å². The van der Waals surface area contributed by atoms with Crippen molar-refractivity contribution in [3.05, 3.63) is 60.2 Å². The van der Waals surface area contributed by atoms with Gasteiger partial charge in [0.15, 0.2) is 0 Å². The summed E-state index contributed by atoms with van der Waals surface area (Å²) in [6.45, 7) is 4.95. The summed E-state index contributed by atoms with van der Waals surface area (Å²) in [4.78, 5) is 16.8. The number of rotatable bonds is 4. The zero-order chi connectivity index (χ0) is 19.4. The second-order valence-electron chi connectivity index (χ2n) is 6.60. The first-order chi connectivity index (χ1) is 12.8. The summed E-state index contributed by atoms with van der Waals surface area (Å²) in [5, 5.41) is 2.70. The molecule has 1 atom stereocenters. The molecule has 144 valence electrons. The summed E-state index contributed by atoms with van der Waals surface area (Å²) < 4.78 is 37.8. The van der Waals surface area contributed by atoms with Crippen molar-refractivity contribution in [1.29, 1.82) is 0 Å². The average Bonchev–Trinajstić information content (AvgIpc) is 2.68. The van der Waals surface area contributed by atoms with Gasteiger partial charge in [-0.15, -0.1) is 0 Å². The van der Waals surface area contributed by atoms with Gasteiger partial charge in [-0.05, 0) is 43.3 Å². The number of carbonyl (C=O) groups excluding carboxylic acids is 1. The van der Waals surface area contributed by atoms with Crippen LogP contribution in [0.4, 0.5) is 24.5 Å². The first-order valence-electron chi connectivity index (χ1n) is 8.87. The quantitative estimate of drug-likeness (QED) is 0.879. The third-order valence-electron chi connectivity index (χ3n) is 4.84. The fraction of sp³-hybridized carbons (Fsp3) is 0.350. The first-order valence-corrected chi connectivity index (χ1v) is 8.87. The number of anilines is 2. The van der Waals surface area contributed by atoms with Crippen LogP contribution in [0.25, 0.3) is 0 Å². The van der Waals surface area contributed by atoms with E-state index in [0.29, 0.717) is 5.69 Å². The summed E-state index contributed by atoms with van der Waals surface area (Å²) in [6, 6.07) is 14.3. The lowest BCUT2D eigenvalue weighted by Gasteiger charge is -2.38. The summed E-state index contributed by atoms with van der Waals surface area (Å²) in [5.41, 5.74) is 0.798. The lowest BCUT2D eigenvalue weighted by atomic mass is 10.1. The highest BCUT2D eigenvalue weighted by molar-refractivity contribution is 5.94. The van der Waals surface area contributed by atoms with Crippen LogP contribution in [0.2, 0.25) is 0 Å². The minimum atomic E-state index is -4.38. The second kappa shape index (κ2) is 8.00. The highest BCUT2D eigenvalue weighted by Gasteiger charge is 2.30. The van der Waals surface area contributed by atoms with Crippen LogP contribution in [0.3, 0.4) is 0 Å². The molecule has 1 N–H and O–H groups in total. The third-order valence-corrected chi connectivity index (χ3v) is 4.84. The number of alkyl halides is 3. The topological polar surface area (TPSA) is 35.6 Å². The van der Waals surface area contributed by atoms with Crippen molar-refractivity contribution in [1.82, 2.24) is 4.90 Å². The largest absolute Gasteiger partial charge is 0.416 e. The lowest BCUT2D eigenvalue weighted by molar-refractivity contribution is -0.137. The average molecular weight is 377 g/mol. The zero-order valence-corrected chi connectivity index (χ0v) is 15.0. The Bertz CT molecular complexity index is 754. The monoisotopic (exact) mass is 377 g/mol. The molecule has 0 radical (unpaired) electrons. The number of para-hydroxylation sites is 1. The van der Waals surface area contributed by atoms with E-state index in [4.69, 9.17) is 0 Å². The van der Waals surface area contributed by atoms with Crippen molar-refractivity contribution in [3.63, 3.8) is 0 Å². The van der Waals surface area contributed by atoms with Gasteiger partial charge >= 0.3 is 6.18 Å². The molecule has 0 saturated carbocycles. The summed E-state index contributed by atoms with van der Waals surface area (Å²) >= 11 is 0. The molecule has 4 nitrogen and oxygen atoms in total. The van der Waals surface area contributed by atoms with E-state index >= 15 is 0 Å². The molecule has 0 unspecified atom stereocenters. The summed E-state index contributed by atoms with van der Waals surface area (Å²) in [7, 11) is 0. The lowest BCUT2D eigenvalue weighted by Crippen LogP contribution is -2.52. The number of amides is 1. The van der Waals surface area contributed by atoms with Gasteiger partial charge in [-0.3, -0.25) is 9.69 Å². The molecule has 0 bridgehead atoms. The van der Waals surface area contributed by atoms with Crippen LogP contribution >= 0.6 is 0 Å². The number of hydrogen-bond donors (Lipinski definition) is 1. The molecule has 3 rings (SSSR count). The molecule has 1 amide bonds. The number of benzene rings is 2. The minimum absolute atomic E-state index is 0.220. The Labute approximate surface area is 156 Å². The Morgan fingerprint density at radius 1 is 0.963 bits per heavy atom. The number of carbonyl (C=O) groups is 1. The number of halogens is 3. The fourth-order valence-corrected chi connectivity index (χ4v) is 3.16. The van der Waals surface area contributed by atoms with Crippen LogP contribution in [0, 0.1) is 0 Å². The van der Waals surface area contributed by atoms with Gasteiger partial charge in [-0.25, -0.2) is 0 Å². The standard InChI is InChI=1S/C20H22F3N3O/c1-15(19(27)24-17-9-7-16(8-10-17)20(21,22)23)25-11-13-26(14-12-25)18-5-3-2-4-6-18/h2-10,15H,11-14H2,1H3,(H,24,27)/t15-/m0/s1. The number of nitrogens with zero attached hydrogens (tertiary/aromatic N) is 2. The maximum atomic E-state index is 12.6. The zero-order valence-electron chi connectivity index (χ0n) is 15.0. The van der Waals surface area contributed by atoms with E-state index in [2.05, 4.69) is 27.2 Å². The number of hydrogen-bond acceptors (Lipinski definition) is 3. The molecular formula is C20H22F3N3O. The Morgan fingerprint density at radius 2 is 1.56 bits per heavy atom. The van der Waals surface area contributed by atoms with Crippen molar-refractivity contribution in [2.45, 2.75) is 19.1 Å². The Morgan fingerprint density at radius 3 is 2.11 bits per heavy atom. The molecule has 1 aliphatic heterocycles. The highest BCUT2D eigenvalue weighted by Crippen LogP contribution is 2.29. The predicted molar refractivity (Wildman–Crippen MR) is 99.8 cm³/mol. The van der Waals surface area contributed by atoms with Crippen molar-refractivity contribution in [3.8, 4) is 0 Å². The van der Waals surface area contributed by atoms with E-state index in [1.807, 2.05) is 25.1 Å². The van der Waals surface area contributed by atoms with Gasteiger partial charge in [0.05, 0.1) is 11.6 Å². The number of nitrogens with one attached hydrogen (secondary N) is 1. The third kappa shape index (κ3) is 4.80. The van der Waals surface area contributed by atoms with Crippen molar-refractivity contribution in [2.75, 3.05) is 36.4 Å². The minimum Gasteiger partial charge on any atom is -0.369 e. The molecule has 0 aromatic heterocycles. The van der Waals surface area contributed by atoms with Crippen LogP contribution in [-0.2, 0) is 11.0 Å². The first kappa shape index (κ1) is 19.2. The van der Waals surface area contributed by atoms with E-state index in [9.17, 15) is 18.0 Å². The molecular weight excluding hydrogens is 355 g/mol. The SMILES string of the molecule is C[C@@H](C(=O)Nc1ccc(C(F)(F)F)cc1)N1CCN(c2ccccc2)CC1. The van der Waals surface area contributed by atoms with Crippen LogP contribution in [-0.4, -0.2) is 43.0 Å². The van der Waals surface area contributed by atoms with Crippen LogP contribution in [0.15, 0.2) is 54.6 Å². The van der Waals surface area contributed by atoms with Gasteiger partial charge in [0, 0.05) is 37.6 Å². The van der Waals surface area contributed by atoms with Gasteiger partial charge < -0.3 is 10.2 Å². The highest BCUT2D eigenvalue weighted by atomic mass is 19.4. The molecule has 1 aliphatic rings. The Hall–Kier alpha value is -2.54. The fourth-order valence-electron chi connectivity index (χ4n) is 3.16. The normalized spacial score (nSPS) is 16.8. The van der Waals surface area contributed by atoms with E-state index in [1.54, 1.807) is 0 Å². The van der Waals surface area contributed by atoms with E-state index in [1.165, 1.54) is 17.8 Å². The van der Waals surface area contributed by atoms with Gasteiger partial charge in [0.2, 0.25) is 5.91 Å². The van der Waals surface area contributed by atoms with Gasteiger partial charge in [0.25, 0.3) is 0 Å². The van der Waals surface area contributed by atoms with Crippen molar-refractivity contribution in [2.24, 2.45) is 0 Å². The molecule has 0 spiro atoms. The maximum Gasteiger partial charge on any atom is 0.416 e. The number of piperazine rings is 1. The smallest absolute Gasteiger partial charge is 0.369 e. The van der Waals surface area contributed by atoms with Gasteiger partial charge in [0.1, 0.15) is 0 Å². The van der Waals surface area contributed by atoms with Crippen LogP contribution in [0.1, 0.15) is 12.5 Å². The van der Waals surface area contributed by atoms with E-state index < -0.39 is 11.7 Å². The predicted octanol–water partition coefficient (Wildman–Crippen LogP) is 3.85. The molecule has 1 fully saturated rings. The van der Waals surface area contributed by atoms with Crippen LogP contribution in [0.5, 0.6) is 0 Å². The van der Waals surface area contributed by atoms with Gasteiger partial charge in [-0.2, -0.15) is 13.2 Å². The Kier molecular flexibility index (Phi) is 5.70. The molecule has 1 heterocycles. The van der Waals surface area contributed by atoms with E-state index in [-0.39, 0.29) is 11.9 Å². The van der Waals surface area contributed by atoms with Gasteiger partial charge in [-0.1, -0.05) is 18.2 Å². The second-order valence-corrected chi connectivity index (χ2v) is 6.60. The Balaban J connectivity index is 1.54. The summed E-state index contributed by atoms with van der Waals surface area (Å²) in [5.74, 6) is -0.220. The molecule has 7 heteroatoms. The van der Waals surface area contributed by atoms with Crippen molar-refractivity contribution >= 4 is 17.3 Å². The van der Waals surface area contributed by atoms with E-state index in [0.717, 1.165) is 38.3 Å².